The van der Waals surface area contributed by atoms with Gasteiger partial charge in [-0.2, -0.15) is 0 Å². The Kier molecular flexibility index (Phi) is 11.2. The lowest BCUT2D eigenvalue weighted by Crippen LogP contribution is -2.12. The van der Waals surface area contributed by atoms with Crippen molar-refractivity contribution in [3.8, 4) is 0 Å². The predicted molar refractivity (Wildman–Crippen MR) is 244 cm³/mol. The zero-order chi connectivity index (χ0) is 39.3. The Morgan fingerprint density at radius 1 is 0.286 bits per heavy atom. The first-order valence-electron chi connectivity index (χ1n) is 19.6. The molecular formula is C54H52N2. The Morgan fingerprint density at radius 2 is 0.661 bits per heavy atom. The van der Waals surface area contributed by atoms with Crippen molar-refractivity contribution < 1.29 is 0 Å². The molecule has 7 rings (SSSR count). The van der Waals surface area contributed by atoms with Crippen molar-refractivity contribution in [1.29, 1.82) is 0 Å². The summed E-state index contributed by atoms with van der Waals surface area (Å²) in [5.74, 6) is 0. The van der Waals surface area contributed by atoms with Crippen LogP contribution in [0.4, 0.5) is 34.1 Å². The van der Waals surface area contributed by atoms with Crippen LogP contribution in [0.25, 0.3) is 24.3 Å². The summed E-state index contributed by atoms with van der Waals surface area (Å²) in [6, 6.07) is 53.1. The average Bonchev–Trinajstić information content (AvgIpc) is 3.16. The van der Waals surface area contributed by atoms with Crippen LogP contribution in [-0.4, -0.2) is 0 Å². The molecule has 0 aliphatic heterocycles. The summed E-state index contributed by atoms with van der Waals surface area (Å²) in [7, 11) is 0. The summed E-state index contributed by atoms with van der Waals surface area (Å²) >= 11 is 0. The minimum absolute atomic E-state index is 1.15. The van der Waals surface area contributed by atoms with Gasteiger partial charge in [-0.25, -0.2) is 0 Å². The molecule has 0 atom stereocenters. The van der Waals surface area contributed by atoms with Gasteiger partial charge in [-0.3, -0.25) is 0 Å². The highest BCUT2D eigenvalue weighted by atomic mass is 15.1. The van der Waals surface area contributed by atoms with Crippen LogP contribution in [0.3, 0.4) is 0 Å². The van der Waals surface area contributed by atoms with Crippen LogP contribution in [0.2, 0.25) is 0 Å². The summed E-state index contributed by atoms with van der Waals surface area (Å²) in [6.07, 6.45) is 8.97. The molecule has 0 amide bonds. The smallest absolute Gasteiger partial charge is 0.0490 e. The number of anilines is 6. The summed E-state index contributed by atoms with van der Waals surface area (Å²) in [4.78, 5) is 4.75. The third-order valence-electron chi connectivity index (χ3n) is 10.6. The molecule has 7 aromatic rings. The second-order valence-corrected chi connectivity index (χ2v) is 15.3. The first kappa shape index (κ1) is 37.9. The highest BCUT2D eigenvalue weighted by Crippen LogP contribution is 2.40. The SMILES string of the molecule is Cc1cccc(N(c2ccc(/C=C/c3ccccc3/C=C/c3ccc(N(c4cccc(C)c4)c4ccc(C)cc4C)cc3C)c(C)c2)c2ccc(C)cc2C)c1. The topological polar surface area (TPSA) is 6.48 Å². The van der Waals surface area contributed by atoms with Crippen LogP contribution in [0, 0.1) is 55.4 Å². The molecule has 278 valence electrons. The van der Waals surface area contributed by atoms with E-state index in [0.29, 0.717) is 0 Å². The minimum Gasteiger partial charge on any atom is -0.310 e. The zero-order valence-electron chi connectivity index (χ0n) is 34.1. The number of hydrogen-bond donors (Lipinski definition) is 0. The fourth-order valence-corrected chi connectivity index (χ4v) is 7.65. The number of rotatable bonds is 10. The highest BCUT2D eigenvalue weighted by Gasteiger charge is 2.17. The van der Waals surface area contributed by atoms with E-state index in [4.69, 9.17) is 0 Å². The van der Waals surface area contributed by atoms with Crippen molar-refractivity contribution in [3.63, 3.8) is 0 Å². The minimum atomic E-state index is 1.15. The second-order valence-electron chi connectivity index (χ2n) is 15.3. The molecule has 0 spiro atoms. The van der Waals surface area contributed by atoms with E-state index >= 15 is 0 Å². The molecular weight excluding hydrogens is 677 g/mol. The van der Waals surface area contributed by atoms with E-state index in [1.54, 1.807) is 0 Å². The van der Waals surface area contributed by atoms with E-state index in [-0.39, 0.29) is 0 Å². The lowest BCUT2D eigenvalue weighted by molar-refractivity contribution is 1.22. The van der Waals surface area contributed by atoms with Crippen LogP contribution in [-0.2, 0) is 0 Å². The van der Waals surface area contributed by atoms with Crippen molar-refractivity contribution in [2.75, 3.05) is 9.80 Å². The summed E-state index contributed by atoms with van der Waals surface area (Å²) in [5, 5.41) is 0. The second kappa shape index (κ2) is 16.6. The van der Waals surface area contributed by atoms with Gasteiger partial charge in [0.15, 0.2) is 0 Å². The van der Waals surface area contributed by atoms with Crippen molar-refractivity contribution in [1.82, 2.24) is 0 Å². The van der Waals surface area contributed by atoms with Gasteiger partial charge >= 0.3 is 0 Å². The van der Waals surface area contributed by atoms with Crippen LogP contribution in [0.5, 0.6) is 0 Å². The molecule has 0 aliphatic rings. The van der Waals surface area contributed by atoms with Gasteiger partial charge in [0.05, 0.1) is 0 Å². The molecule has 0 aliphatic carbocycles. The van der Waals surface area contributed by atoms with Gasteiger partial charge in [0.25, 0.3) is 0 Å². The van der Waals surface area contributed by atoms with Crippen molar-refractivity contribution in [2.45, 2.75) is 55.4 Å². The third kappa shape index (κ3) is 8.46. The molecule has 0 unspecified atom stereocenters. The maximum absolute atomic E-state index is 2.38. The predicted octanol–water partition coefficient (Wildman–Crippen LogP) is 15.4. The van der Waals surface area contributed by atoms with Crippen LogP contribution in [0.1, 0.15) is 66.8 Å². The van der Waals surface area contributed by atoms with E-state index in [1.807, 2.05) is 0 Å². The molecule has 2 heteroatoms. The molecule has 0 fully saturated rings. The normalized spacial score (nSPS) is 11.4. The first-order valence-corrected chi connectivity index (χ1v) is 19.6. The molecule has 0 radical (unpaired) electrons. The van der Waals surface area contributed by atoms with Gasteiger partial charge in [-0.05, 0) is 172 Å². The van der Waals surface area contributed by atoms with Gasteiger partial charge in [0.1, 0.15) is 0 Å². The third-order valence-corrected chi connectivity index (χ3v) is 10.6. The van der Waals surface area contributed by atoms with E-state index < -0.39 is 0 Å². The van der Waals surface area contributed by atoms with E-state index in [0.717, 1.165) is 22.7 Å². The van der Waals surface area contributed by atoms with Crippen LogP contribution < -0.4 is 9.80 Å². The molecule has 0 saturated carbocycles. The summed E-state index contributed by atoms with van der Waals surface area (Å²) in [5.41, 5.74) is 21.8. The fourth-order valence-electron chi connectivity index (χ4n) is 7.65. The highest BCUT2D eigenvalue weighted by molar-refractivity contribution is 5.84. The van der Waals surface area contributed by atoms with Gasteiger partial charge in [-0.1, -0.05) is 120 Å². The maximum atomic E-state index is 2.38. The molecule has 56 heavy (non-hydrogen) atoms. The first-order chi connectivity index (χ1) is 27.0. The van der Waals surface area contributed by atoms with Gasteiger partial charge in [0, 0.05) is 34.1 Å². The number of hydrogen-bond acceptors (Lipinski definition) is 2. The Labute approximate surface area is 334 Å². The Balaban J connectivity index is 1.15. The van der Waals surface area contributed by atoms with Crippen molar-refractivity contribution >= 4 is 58.4 Å². The zero-order valence-corrected chi connectivity index (χ0v) is 34.1. The molecule has 0 heterocycles. The average molecular weight is 729 g/mol. The molecule has 2 nitrogen and oxygen atoms in total. The lowest BCUT2D eigenvalue weighted by atomic mass is 10.0. The van der Waals surface area contributed by atoms with E-state index in [1.165, 1.54) is 78.1 Å². The summed E-state index contributed by atoms with van der Waals surface area (Å²) in [6.45, 7) is 17.4. The van der Waals surface area contributed by atoms with Crippen molar-refractivity contribution in [2.24, 2.45) is 0 Å². The quantitative estimate of drug-likeness (QED) is 0.129. The number of aryl methyl sites for hydroxylation is 8. The Morgan fingerprint density at radius 3 is 1.04 bits per heavy atom. The number of nitrogens with zero attached hydrogens (tertiary/aromatic N) is 2. The van der Waals surface area contributed by atoms with Crippen molar-refractivity contribution in [3.05, 3.63) is 212 Å². The molecule has 0 saturated heterocycles. The molecule has 7 aromatic carbocycles. The van der Waals surface area contributed by atoms with Gasteiger partial charge in [-0.15, -0.1) is 0 Å². The molecule has 0 bridgehead atoms. The largest absolute Gasteiger partial charge is 0.310 e. The van der Waals surface area contributed by atoms with Crippen LogP contribution in [0.15, 0.2) is 146 Å². The lowest BCUT2D eigenvalue weighted by Gasteiger charge is -2.28. The van der Waals surface area contributed by atoms with Gasteiger partial charge in [0.2, 0.25) is 0 Å². The maximum Gasteiger partial charge on any atom is 0.0490 e. The number of benzene rings is 7. The van der Waals surface area contributed by atoms with E-state index in [9.17, 15) is 0 Å². The Hall–Kier alpha value is -6.38. The van der Waals surface area contributed by atoms with Crippen LogP contribution >= 0.6 is 0 Å². The van der Waals surface area contributed by atoms with E-state index in [2.05, 4.69) is 235 Å². The molecule has 0 N–H and O–H groups in total. The standard InChI is InChI=1S/C54H52N2/c1-37-13-11-17-49(33-37)55(53-29-19-39(3)31-43(53)7)51-27-25-45(41(5)35-51)21-23-47-15-9-10-16-48(47)24-22-46-26-28-52(36-42(46)6)56(50-18-12-14-38(2)34-50)54-30-20-40(4)32-44(54)8/h9-36H,1-8H3/b23-21+,24-22+. The van der Waals surface area contributed by atoms with Gasteiger partial charge < -0.3 is 9.80 Å². The fraction of sp³-hybridized carbons (Fsp3) is 0.148. The monoisotopic (exact) mass is 728 g/mol. The molecule has 0 aromatic heterocycles. The summed E-state index contributed by atoms with van der Waals surface area (Å²) < 4.78 is 0. The Bertz CT molecular complexity index is 2410.